The number of carbonyl (C=O) groups is 1. The van der Waals surface area contributed by atoms with Crippen molar-refractivity contribution in [3.05, 3.63) is 65.2 Å². The summed E-state index contributed by atoms with van der Waals surface area (Å²) in [4.78, 5) is 11.7. The number of ether oxygens (including phenoxy) is 2. The van der Waals surface area contributed by atoms with Crippen LogP contribution in [0.3, 0.4) is 0 Å². The van der Waals surface area contributed by atoms with Gasteiger partial charge in [-0.3, -0.25) is 0 Å². The number of esters is 1. The molecule has 0 bridgehead atoms. The van der Waals surface area contributed by atoms with Crippen LogP contribution in [0.4, 0.5) is 0 Å². The molecule has 0 heterocycles. The average Bonchev–Trinajstić information content (AvgIpc) is 2.65. The van der Waals surface area contributed by atoms with Crippen molar-refractivity contribution in [2.24, 2.45) is 0 Å². The summed E-state index contributed by atoms with van der Waals surface area (Å²) in [6, 6.07) is 9.63. The van der Waals surface area contributed by atoms with E-state index in [1.165, 1.54) is 25.3 Å². The molecule has 0 radical (unpaired) electrons. The van der Waals surface area contributed by atoms with E-state index in [2.05, 4.69) is 0 Å². The molecular weight excluding hydrogens is 336 g/mol. The Labute approximate surface area is 151 Å². The summed E-state index contributed by atoms with van der Waals surface area (Å²) in [6.07, 6.45) is 6.22. The minimum absolute atomic E-state index is 0.0659. The van der Waals surface area contributed by atoms with E-state index >= 15 is 0 Å². The van der Waals surface area contributed by atoms with Gasteiger partial charge in [0.25, 0.3) is 0 Å². The molecule has 2 rings (SSSR count). The van der Waals surface area contributed by atoms with Crippen molar-refractivity contribution in [3.63, 3.8) is 0 Å². The van der Waals surface area contributed by atoms with Gasteiger partial charge in [-0.1, -0.05) is 18.2 Å². The molecule has 6 heteroatoms. The van der Waals surface area contributed by atoms with Crippen molar-refractivity contribution in [3.8, 4) is 17.2 Å². The summed E-state index contributed by atoms with van der Waals surface area (Å²) in [7, 11) is 1.42. The molecule has 0 aliphatic rings. The SMILES string of the molecule is COc1cc(/C=C/COC(=O)/C=C/c2ccc(O)cc2)cc(CO)c1O. The molecule has 26 heavy (non-hydrogen) atoms. The summed E-state index contributed by atoms with van der Waals surface area (Å²) in [5, 5.41) is 28.3. The third-order valence-corrected chi connectivity index (χ3v) is 3.50. The number of benzene rings is 2. The van der Waals surface area contributed by atoms with Crippen LogP contribution in [0.25, 0.3) is 12.2 Å². The second-order valence-corrected chi connectivity index (χ2v) is 5.35. The van der Waals surface area contributed by atoms with Gasteiger partial charge in [-0.2, -0.15) is 0 Å². The van der Waals surface area contributed by atoms with E-state index in [0.29, 0.717) is 11.1 Å². The topological polar surface area (TPSA) is 96.2 Å². The van der Waals surface area contributed by atoms with Crippen LogP contribution < -0.4 is 4.74 Å². The molecule has 0 atom stereocenters. The van der Waals surface area contributed by atoms with E-state index in [0.717, 1.165) is 5.56 Å². The van der Waals surface area contributed by atoms with Crippen molar-refractivity contribution in [1.82, 2.24) is 0 Å². The van der Waals surface area contributed by atoms with Crippen LogP contribution in [0, 0.1) is 0 Å². The summed E-state index contributed by atoms with van der Waals surface area (Å²) < 4.78 is 10.1. The maximum Gasteiger partial charge on any atom is 0.331 e. The summed E-state index contributed by atoms with van der Waals surface area (Å²) >= 11 is 0. The molecule has 0 amide bonds. The Hall–Kier alpha value is -3.25. The zero-order valence-corrected chi connectivity index (χ0v) is 14.3. The van der Waals surface area contributed by atoms with E-state index in [9.17, 15) is 20.1 Å². The van der Waals surface area contributed by atoms with Crippen LogP contribution in [-0.4, -0.2) is 35.0 Å². The lowest BCUT2D eigenvalue weighted by molar-refractivity contribution is -0.136. The number of phenols is 2. The summed E-state index contributed by atoms with van der Waals surface area (Å²) in [5.41, 5.74) is 1.81. The second kappa shape index (κ2) is 9.29. The van der Waals surface area contributed by atoms with Gasteiger partial charge in [0.15, 0.2) is 11.5 Å². The van der Waals surface area contributed by atoms with Gasteiger partial charge in [-0.15, -0.1) is 0 Å². The Balaban J connectivity index is 1.90. The lowest BCUT2D eigenvalue weighted by atomic mass is 10.1. The smallest absolute Gasteiger partial charge is 0.331 e. The lowest BCUT2D eigenvalue weighted by Gasteiger charge is -2.08. The first kappa shape index (κ1) is 19.1. The normalized spacial score (nSPS) is 11.2. The highest BCUT2D eigenvalue weighted by Gasteiger charge is 2.08. The van der Waals surface area contributed by atoms with Gasteiger partial charge in [0.1, 0.15) is 12.4 Å². The van der Waals surface area contributed by atoms with Gasteiger partial charge in [0, 0.05) is 11.6 Å². The number of aliphatic hydroxyl groups excluding tert-OH is 1. The molecule has 6 nitrogen and oxygen atoms in total. The van der Waals surface area contributed by atoms with E-state index in [1.54, 1.807) is 42.5 Å². The first-order chi connectivity index (χ1) is 12.5. The largest absolute Gasteiger partial charge is 0.508 e. The molecule has 0 saturated heterocycles. The zero-order chi connectivity index (χ0) is 18.9. The number of hydrogen-bond donors (Lipinski definition) is 3. The van der Waals surface area contributed by atoms with Crippen LogP contribution in [0.5, 0.6) is 17.2 Å². The van der Waals surface area contributed by atoms with Crippen molar-refractivity contribution in [2.75, 3.05) is 13.7 Å². The Morgan fingerprint density at radius 2 is 1.81 bits per heavy atom. The molecule has 136 valence electrons. The molecule has 0 unspecified atom stereocenters. The van der Waals surface area contributed by atoms with Gasteiger partial charge >= 0.3 is 5.97 Å². The Morgan fingerprint density at radius 3 is 2.46 bits per heavy atom. The van der Waals surface area contributed by atoms with Crippen LogP contribution >= 0.6 is 0 Å². The maximum absolute atomic E-state index is 11.7. The Morgan fingerprint density at radius 1 is 1.08 bits per heavy atom. The van der Waals surface area contributed by atoms with E-state index in [4.69, 9.17) is 9.47 Å². The number of hydrogen-bond acceptors (Lipinski definition) is 6. The molecule has 2 aromatic rings. The molecule has 2 aromatic carbocycles. The monoisotopic (exact) mass is 356 g/mol. The minimum atomic E-state index is -0.498. The van der Waals surface area contributed by atoms with Gasteiger partial charge in [0.05, 0.1) is 13.7 Å². The molecule has 0 fully saturated rings. The maximum atomic E-state index is 11.7. The van der Waals surface area contributed by atoms with Crippen LogP contribution in [-0.2, 0) is 16.1 Å². The highest BCUT2D eigenvalue weighted by molar-refractivity contribution is 5.87. The fraction of sp³-hybridized carbons (Fsp3) is 0.150. The van der Waals surface area contributed by atoms with Gasteiger partial charge in [-0.25, -0.2) is 4.79 Å². The standard InChI is InChI=1S/C20H20O6/c1-25-18-12-15(11-16(13-21)20(18)24)3-2-10-26-19(23)9-6-14-4-7-17(22)8-5-14/h2-9,11-12,21-22,24H,10,13H2,1H3/b3-2+,9-6+. The lowest BCUT2D eigenvalue weighted by Crippen LogP contribution is -1.99. The quantitative estimate of drug-likeness (QED) is 0.521. The van der Waals surface area contributed by atoms with E-state index < -0.39 is 5.97 Å². The van der Waals surface area contributed by atoms with Crippen molar-refractivity contribution < 1.29 is 29.6 Å². The molecule has 0 aliphatic carbocycles. The minimum Gasteiger partial charge on any atom is -0.508 e. The molecule has 0 aliphatic heterocycles. The number of aromatic hydroxyl groups is 2. The summed E-state index contributed by atoms with van der Waals surface area (Å²) in [5.74, 6) is -0.185. The first-order valence-corrected chi connectivity index (χ1v) is 7.84. The number of methoxy groups -OCH3 is 1. The van der Waals surface area contributed by atoms with Crippen molar-refractivity contribution in [2.45, 2.75) is 6.61 Å². The number of rotatable bonds is 7. The second-order valence-electron chi connectivity index (χ2n) is 5.35. The zero-order valence-electron chi connectivity index (χ0n) is 14.3. The highest BCUT2D eigenvalue weighted by atomic mass is 16.5. The van der Waals surface area contributed by atoms with Crippen LogP contribution in [0.15, 0.2) is 48.6 Å². The van der Waals surface area contributed by atoms with Gasteiger partial charge < -0.3 is 24.8 Å². The molecular formula is C20H20O6. The molecule has 0 saturated carbocycles. The summed E-state index contributed by atoms with van der Waals surface area (Å²) in [6.45, 7) is -0.253. The number of carbonyl (C=O) groups excluding carboxylic acids is 1. The van der Waals surface area contributed by atoms with Gasteiger partial charge in [-0.05, 0) is 47.5 Å². The van der Waals surface area contributed by atoms with Gasteiger partial charge in [0.2, 0.25) is 0 Å². The first-order valence-electron chi connectivity index (χ1n) is 7.84. The predicted octanol–water partition coefficient (Wildman–Crippen LogP) is 2.87. The highest BCUT2D eigenvalue weighted by Crippen LogP contribution is 2.31. The van der Waals surface area contributed by atoms with E-state index in [1.807, 2.05) is 0 Å². The molecule has 0 aromatic heterocycles. The Bertz CT molecular complexity index is 781. The molecule has 0 spiro atoms. The fourth-order valence-electron chi connectivity index (χ4n) is 2.17. The predicted molar refractivity (Wildman–Crippen MR) is 97.7 cm³/mol. The van der Waals surface area contributed by atoms with Crippen molar-refractivity contribution >= 4 is 18.1 Å². The third kappa shape index (κ3) is 5.39. The van der Waals surface area contributed by atoms with Crippen LogP contribution in [0.1, 0.15) is 16.7 Å². The van der Waals surface area contributed by atoms with E-state index in [-0.39, 0.29) is 30.5 Å². The average molecular weight is 356 g/mol. The number of phenolic OH excluding ortho intramolecular Hbond substituents is 1. The van der Waals surface area contributed by atoms with Crippen LogP contribution in [0.2, 0.25) is 0 Å². The fourth-order valence-corrected chi connectivity index (χ4v) is 2.17. The third-order valence-electron chi connectivity index (χ3n) is 3.50. The Kier molecular flexibility index (Phi) is 6.82. The van der Waals surface area contributed by atoms with Crippen molar-refractivity contribution in [1.29, 1.82) is 0 Å². The number of aliphatic hydroxyl groups is 1. The molecule has 3 N–H and O–H groups in total.